The summed E-state index contributed by atoms with van der Waals surface area (Å²) in [5, 5.41) is 20.3. The van der Waals surface area contributed by atoms with Crippen molar-refractivity contribution in [3.63, 3.8) is 0 Å². The number of nitrogens with one attached hydrogen (secondary N) is 1. The van der Waals surface area contributed by atoms with Crippen LogP contribution in [-0.4, -0.2) is 4.92 Å². The van der Waals surface area contributed by atoms with E-state index in [1.165, 1.54) is 27.1 Å². The lowest BCUT2D eigenvalue weighted by molar-refractivity contribution is -0.385. The molecule has 4 heteroatoms. The van der Waals surface area contributed by atoms with Crippen molar-refractivity contribution in [1.29, 1.82) is 0 Å². The molecule has 31 heavy (non-hydrogen) atoms. The van der Waals surface area contributed by atoms with E-state index in [4.69, 9.17) is 0 Å². The van der Waals surface area contributed by atoms with Crippen molar-refractivity contribution >= 4 is 32.9 Å². The summed E-state index contributed by atoms with van der Waals surface area (Å²) in [6.07, 6.45) is 5.44. The molecule has 4 nitrogen and oxygen atoms in total. The molecule has 0 fully saturated rings. The van der Waals surface area contributed by atoms with Gasteiger partial charge in [0.2, 0.25) is 0 Å². The zero-order valence-electron chi connectivity index (χ0n) is 17.2. The maximum absolute atomic E-state index is 11.5. The van der Waals surface area contributed by atoms with E-state index in [9.17, 15) is 10.1 Å². The van der Waals surface area contributed by atoms with Crippen LogP contribution in [0.2, 0.25) is 0 Å². The zero-order chi connectivity index (χ0) is 21.1. The van der Waals surface area contributed by atoms with Gasteiger partial charge in [0.25, 0.3) is 5.69 Å². The quantitative estimate of drug-likeness (QED) is 0.168. The summed E-state index contributed by atoms with van der Waals surface area (Å²) >= 11 is 0. The van der Waals surface area contributed by atoms with Crippen LogP contribution in [0, 0.1) is 23.0 Å². The molecule has 0 bridgehead atoms. The lowest BCUT2D eigenvalue weighted by atomic mass is 9.74. The summed E-state index contributed by atoms with van der Waals surface area (Å²) in [6, 6.07) is 23.0. The summed E-state index contributed by atoms with van der Waals surface area (Å²) in [5.41, 5.74) is 4.52. The van der Waals surface area contributed by atoms with Crippen LogP contribution in [0.5, 0.6) is 0 Å². The Morgan fingerprint density at radius 2 is 1.65 bits per heavy atom. The van der Waals surface area contributed by atoms with Gasteiger partial charge in [0.1, 0.15) is 0 Å². The standard InChI is InChI=1S/C27H22N2O2/c1-16-13-19(29(30)31)15-24-22-11-6-12-23(22)27(28-26(16)24)25-20-9-4-2-7-17(20)14-18-8-3-5-10-21(18)25/h2-11,13-15,22-23,27-28H,12H2,1H3. The first-order chi connectivity index (χ1) is 15.1. The van der Waals surface area contributed by atoms with Crippen LogP contribution in [0.15, 0.2) is 78.9 Å². The van der Waals surface area contributed by atoms with E-state index >= 15 is 0 Å². The van der Waals surface area contributed by atoms with Gasteiger partial charge >= 0.3 is 0 Å². The van der Waals surface area contributed by atoms with Crippen LogP contribution in [-0.2, 0) is 0 Å². The number of nitrogens with zero attached hydrogens (tertiary/aromatic N) is 1. The molecule has 1 aliphatic carbocycles. The van der Waals surface area contributed by atoms with Crippen LogP contribution in [0.4, 0.5) is 11.4 Å². The third-order valence-corrected chi connectivity index (χ3v) is 6.99. The van der Waals surface area contributed by atoms with Crippen molar-refractivity contribution in [2.45, 2.75) is 25.3 Å². The average Bonchev–Trinajstić information content (AvgIpc) is 3.27. The predicted molar refractivity (Wildman–Crippen MR) is 126 cm³/mol. The molecule has 6 rings (SSSR count). The SMILES string of the molecule is Cc1cc([N+](=O)[O-])cc2c1NC(c1c3ccccc3cc3ccccc13)C1CC=CC21. The average molecular weight is 406 g/mol. The molecule has 4 aromatic rings. The Morgan fingerprint density at radius 3 is 2.32 bits per heavy atom. The number of non-ortho nitro benzene ring substituents is 1. The number of nitro benzene ring substituents is 1. The Kier molecular flexibility index (Phi) is 3.90. The third-order valence-electron chi connectivity index (χ3n) is 6.99. The van der Waals surface area contributed by atoms with E-state index in [2.05, 4.69) is 72.1 Å². The van der Waals surface area contributed by atoms with Crippen LogP contribution < -0.4 is 5.32 Å². The Bertz CT molecular complexity index is 1350. The second-order valence-corrected chi connectivity index (χ2v) is 8.69. The van der Waals surface area contributed by atoms with Crippen LogP contribution in [0.25, 0.3) is 21.5 Å². The van der Waals surface area contributed by atoms with Gasteiger partial charge in [0.15, 0.2) is 0 Å². The molecule has 0 saturated carbocycles. The van der Waals surface area contributed by atoms with Crippen molar-refractivity contribution in [3.8, 4) is 0 Å². The Morgan fingerprint density at radius 1 is 0.968 bits per heavy atom. The fourth-order valence-electron chi connectivity index (χ4n) is 5.64. The highest BCUT2D eigenvalue weighted by molar-refractivity contribution is 6.03. The third kappa shape index (κ3) is 2.68. The second kappa shape index (κ2) is 6.67. The lowest BCUT2D eigenvalue weighted by Gasteiger charge is -2.39. The first-order valence-corrected chi connectivity index (χ1v) is 10.7. The first kappa shape index (κ1) is 18.1. The van der Waals surface area contributed by atoms with Gasteiger partial charge < -0.3 is 5.32 Å². The fraction of sp³-hybridized carbons (Fsp3) is 0.185. The number of anilines is 1. The maximum Gasteiger partial charge on any atom is 0.270 e. The lowest BCUT2D eigenvalue weighted by Crippen LogP contribution is -2.30. The molecule has 0 saturated heterocycles. The van der Waals surface area contributed by atoms with Crippen molar-refractivity contribution in [1.82, 2.24) is 0 Å². The summed E-state index contributed by atoms with van der Waals surface area (Å²) < 4.78 is 0. The number of hydrogen-bond donors (Lipinski definition) is 1. The summed E-state index contributed by atoms with van der Waals surface area (Å²) in [5.74, 6) is 0.501. The van der Waals surface area contributed by atoms with Gasteiger partial charge in [0, 0.05) is 23.7 Å². The van der Waals surface area contributed by atoms with Gasteiger partial charge in [-0.25, -0.2) is 0 Å². The molecule has 0 spiro atoms. The topological polar surface area (TPSA) is 55.2 Å². The number of nitro groups is 1. The summed E-state index contributed by atoms with van der Waals surface area (Å²) in [6.45, 7) is 1.97. The molecule has 3 unspecified atom stereocenters. The minimum Gasteiger partial charge on any atom is -0.377 e. The molecular weight excluding hydrogens is 384 g/mol. The monoisotopic (exact) mass is 406 g/mol. The Labute approximate surface area is 180 Å². The zero-order valence-corrected chi connectivity index (χ0v) is 17.2. The molecule has 1 N–H and O–H groups in total. The van der Waals surface area contributed by atoms with Crippen molar-refractivity contribution in [2.24, 2.45) is 5.92 Å². The molecule has 0 radical (unpaired) electrons. The van der Waals surface area contributed by atoms with Crippen LogP contribution in [0.3, 0.4) is 0 Å². The molecular formula is C27H22N2O2. The van der Waals surface area contributed by atoms with E-state index < -0.39 is 0 Å². The number of fused-ring (bicyclic) bond motifs is 5. The fourth-order valence-corrected chi connectivity index (χ4v) is 5.64. The molecule has 3 atom stereocenters. The van der Waals surface area contributed by atoms with Crippen molar-refractivity contribution in [2.75, 3.05) is 5.32 Å². The minimum atomic E-state index is -0.286. The molecule has 1 aliphatic heterocycles. The minimum absolute atomic E-state index is 0.128. The smallest absolute Gasteiger partial charge is 0.270 e. The van der Waals surface area contributed by atoms with Crippen LogP contribution >= 0.6 is 0 Å². The molecule has 2 aliphatic rings. The normalized spacial score (nSPS) is 21.6. The summed E-state index contributed by atoms with van der Waals surface area (Å²) in [7, 11) is 0. The van der Waals surface area contributed by atoms with Crippen LogP contribution in [0.1, 0.15) is 35.1 Å². The van der Waals surface area contributed by atoms with Gasteiger partial charge in [-0.2, -0.15) is 0 Å². The highest BCUT2D eigenvalue weighted by atomic mass is 16.6. The predicted octanol–water partition coefficient (Wildman–Crippen LogP) is 7.04. The molecule has 152 valence electrons. The van der Waals surface area contributed by atoms with E-state index in [0.717, 1.165) is 23.2 Å². The Hall–Kier alpha value is -3.66. The number of benzene rings is 4. The molecule has 1 heterocycles. The van der Waals surface area contributed by atoms with E-state index in [0.29, 0.717) is 5.92 Å². The highest BCUT2D eigenvalue weighted by Crippen LogP contribution is 2.53. The second-order valence-electron chi connectivity index (χ2n) is 8.69. The van der Waals surface area contributed by atoms with E-state index in [-0.39, 0.29) is 22.6 Å². The maximum atomic E-state index is 11.5. The Balaban J connectivity index is 1.62. The first-order valence-electron chi connectivity index (χ1n) is 10.7. The van der Waals surface area contributed by atoms with E-state index in [1.54, 1.807) is 12.1 Å². The van der Waals surface area contributed by atoms with Gasteiger partial charge in [-0.15, -0.1) is 0 Å². The van der Waals surface area contributed by atoms with E-state index in [1.807, 2.05) is 6.92 Å². The van der Waals surface area contributed by atoms with Crippen molar-refractivity contribution < 1.29 is 4.92 Å². The van der Waals surface area contributed by atoms with Gasteiger partial charge in [-0.1, -0.05) is 60.7 Å². The number of hydrogen-bond acceptors (Lipinski definition) is 3. The largest absolute Gasteiger partial charge is 0.377 e. The van der Waals surface area contributed by atoms with Gasteiger partial charge in [-0.05, 0) is 63.6 Å². The number of rotatable bonds is 2. The van der Waals surface area contributed by atoms with Crippen molar-refractivity contribution in [3.05, 3.63) is 106 Å². The van der Waals surface area contributed by atoms with Gasteiger partial charge in [-0.3, -0.25) is 10.1 Å². The molecule has 4 aromatic carbocycles. The molecule has 0 amide bonds. The number of aryl methyl sites for hydroxylation is 1. The summed E-state index contributed by atoms with van der Waals surface area (Å²) in [4.78, 5) is 11.2. The highest BCUT2D eigenvalue weighted by Gasteiger charge is 2.40. The number of allylic oxidation sites excluding steroid dienone is 2. The van der Waals surface area contributed by atoms with Gasteiger partial charge in [0.05, 0.1) is 11.0 Å². The molecule has 0 aromatic heterocycles.